The summed E-state index contributed by atoms with van der Waals surface area (Å²) in [5.41, 5.74) is 2.60. The van der Waals surface area contributed by atoms with Crippen molar-refractivity contribution in [3.63, 3.8) is 0 Å². The largest absolute Gasteiger partial charge is 0.494 e. The summed E-state index contributed by atoms with van der Waals surface area (Å²) in [4.78, 5) is 18.1. The van der Waals surface area contributed by atoms with Crippen molar-refractivity contribution < 1.29 is 4.74 Å². The van der Waals surface area contributed by atoms with Crippen LogP contribution in [0.25, 0.3) is 21.3 Å². The zero-order chi connectivity index (χ0) is 20.1. The van der Waals surface area contributed by atoms with Gasteiger partial charge in [-0.25, -0.2) is 4.98 Å². The van der Waals surface area contributed by atoms with E-state index in [1.54, 1.807) is 6.21 Å². The van der Waals surface area contributed by atoms with Crippen LogP contribution in [-0.4, -0.2) is 22.5 Å². The van der Waals surface area contributed by atoms with E-state index in [1.165, 1.54) is 22.3 Å². The Hall–Kier alpha value is -3.25. The third-order valence-corrected chi connectivity index (χ3v) is 5.43. The monoisotopic (exact) mass is 403 g/mol. The molecule has 0 aliphatic rings. The van der Waals surface area contributed by atoms with E-state index in [0.29, 0.717) is 10.2 Å². The predicted octanol–water partition coefficient (Wildman–Crippen LogP) is 5.19. The second-order valence-electron chi connectivity index (χ2n) is 6.61. The van der Waals surface area contributed by atoms with Crippen molar-refractivity contribution in [2.24, 2.45) is 5.10 Å². The first-order chi connectivity index (χ1) is 14.3. The Labute approximate surface area is 172 Å². The average molecular weight is 404 g/mol. The summed E-state index contributed by atoms with van der Waals surface area (Å²) in [5, 5.41) is 6.90. The highest BCUT2D eigenvalue weighted by atomic mass is 32.1. The van der Waals surface area contributed by atoms with Crippen LogP contribution in [0.3, 0.4) is 0 Å². The maximum Gasteiger partial charge on any atom is 0.283 e. The Kier molecular flexibility index (Phi) is 5.81. The summed E-state index contributed by atoms with van der Waals surface area (Å²) >= 11 is 1.47. The maximum atomic E-state index is 13.0. The van der Waals surface area contributed by atoms with Crippen LogP contribution in [0.15, 0.2) is 76.2 Å². The number of hydrogen-bond donors (Lipinski definition) is 0. The molecule has 0 spiro atoms. The summed E-state index contributed by atoms with van der Waals surface area (Å²) in [5.74, 6) is 0.835. The van der Waals surface area contributed by atoms with E-state index in [9.17, 15) is 4.79 Å². The van der Waals surface area contributed by atoms with Crippen molar-refractivity contribution >= 4 is 27.8 Å². The summed E-state index contributed by atoms with van der Waals surface area (Å²) in [6.45, 7) is 2.85. The third kappa shape index (κ3) is 4.27. The Morgan fingerprint density at radius 1 is 1.14 bits per heavy atom. The molecule has 0 saturated carbocycles. The number of thiophene rings is 1. The van der Waals surface area contributed by atoms with Gasteiger partial charge < -0.3 is 4.74 Å². The van der Waals surface area contributed by atoms with Crippen molar-refractivity contribution in [3.05, 3.63) is 82.2 Å². The van der Waals surface area contributed by atoms with E-state index in [-0.39, 0.29) is 5.56 Å². The predicted molar refractivity (Wildman–Crippen MR) is 119 cm³/mol. The van der Waals surface area contributed by atoms with Gasteiger partial charge in [0, 0.05) is 10.9 Å². The maximum absolute atomic E-state index is 13.0. The standard InChI is InChI=1S/C23H21N3O2S/c1-2-3-13-28-19-11-9-17(10-12-19)14-25-26-16-24-22-21(23(26)27)20(15-29-22)18-7-5-4-6-8-18/h4-12,14-16H,2-3,13H2,1H3. The van der Waals surface area contributed by atoms with Gasteiger partial charge in [0.05, 0.1) is 18.2 Å². The summed E-state index contributed by atoms with van der Waals surface area (Å²) in [6.07, 6.45) is 5.26. The van der Waals surface area contributed by atoms with Crippen molar-refractivity contribution in [2.75, 3.05) is 6.61 Å². The SMILES string of the molecule is CCCCOc1ccc(C=Nn2cnc3scc(-c4ccccc4)c3c2=O)cc1. The molecule has 0 aliphatic heterocycles. The molecular formula is C23H21N3O2S. The van der Waals surface area contributed by atoms with Gasteiger partial charge in [-0.2, -0.15) is 9.78 Å². The lowest BCUT2D eigenvalue weighted by Crippen LogP contribution is -2.16. The molecule has 2 heterocycles. The van der Waals surface area contributed by atoms with Gasteiger partial charge in [0.25, 0.3) is 5.56 Å². The molecule has 0 amide bonds. The molecule has 4 rings (SSSR count). The van der Waals surface area contributed by atoms with E-state index < -0.39 is 0 Å². The van der Waals surface area contributed by atoms with Gasteiger partial charge in [-0.1, -0.05) is 43.7 Å². The Morgan fingerprint density at radius 3 is 2.69 bits per heavy atom. The van der Waals surface area contributed by atoms with Gasteiger partial charge in [0.2, 0.25) is 0 Å². The molecule has 0 bridgehead atoms. The minimum atomic E-state index is -0.175. The first-order valence-corrected chi connectivity index (χ1v) is 10.5. The highest BCUT2D eigenvalue weighted by Crippen LogP contribution is 2.30. The van der Waals surface area contributed by atoms with Gasteiger partial charge in [-0.05, 0) is 41.8 Å². The number of fused-ring (bicyclic) bond motifs is 1. The molecule has 0 unspecified atom stereocenters. The lowest BCUT2D eigenvalue weighted by Gasteiger charge is -2.05. The fourth-order valence-electron chi connectivity index (χ4n) is 2.95. The van der Waals surface area contributed by atoms with E-state index >= 15 is 0 Å². The van der Waals surface area contributed by atoms with Crippen molar-refractivity contribution in [1.82, 2.24) is 9.66 Å². The average Bonchev–Trinajstić information content (AvgIpc) is 3.20. The molecule has 0 saturated heterocycles. The summed E-state index contributed by atoms with van der Waals surface area (Å²) < 4.78 is 6.95. The van der Waals surface area contributed by atoms with Crippen LogP contribution in [0.4, 0.5) is 0 Å². The van der Waals surface area contributed by atoms with Crippen molar-refractivity contribution in [1.29, 1.82) is 0 Å². The van der Waals surface area contributed by atoms with E-state index in [2.05, 4.69) is 17.0 Å². The van der Waals surface area contributed by atoms with Crippen LogP contribution in [-0.2, 0) is 0 Å². The summed E-state index contributed by atoms with van der Waals surface area (Å²) in [6, 6.07) is 17.5. The molecule has 0 aliphatic carbocycles. The zero-order valence-corrected chi connectivity index (χ0v) is 16.9. The fourth-order valence-corrected chi connectivity index (χ4v) is 3.86. The molecule has 0 atom stereocenters. The first-order valence-electron chi connectivity index (χ1n) is 9.58. The molecule has 5 nitrogen and oxygen atoms in total. The van der Waals surface area contributed by atoms with E-state index in [4.69, 9.17) is 4.74 Å². The van der Waals surface area contributed by atoms with Crippen molar-refractivity contribution in [3.8, 4) is 16.9 Å². The molecule has 146 valence electrons. The van der Waals surface area contributed by atoms with Crippen LogP contribution in [0, 0.1) is 0 Å². The van der Waals surface area contributed by atoms with Gasteiger partial charge >= 0.3 is 0 Å². The quantitative estimate of drug-likeness (QED) is 0.315. The highest BCUT2D eigenvalue weighted by Gasteiger charge is 2.12. The Balaban J connectivity index is 1.60. The second kappa shape index (κ2) is 8.84. The molecular weight excluding hydrogens is 382 g/mol. The molecule has 2 aromatic carbocycles. The molecule has 4 aromatic rings. The third-order valence-electron chi connectivity index (χ3n) is 4.54. The molecule has 2 aromatic heterocycles. The highest BCUT2D eigenvalue weighted by molar-refractivity contribution is 7.17. The number of rotatable bonds is 7. The van der Waals surface area contributed by atoms with E-state index in [1.807, 2.05) is 60.0 Å². The fraction of sp³-hybridized carbons (Fsp3) is 0.174. The van der Waals surface area contributed by atoms with Crippen LogP contribution in [0.2, 0.25) is 0 Å². The van der Waals surface area contributed by atoms with Crippen molar-refractivity contribution in [2.45, 2.75) is 19.8 Å². The van der Waals surface area contributed by atoms with Gasteiger partial charge in [0.15, 0.2) is 0 Å². The number of ether oxygens (including phenoxy) is 1. The van der Waals surface area contributed by atoms with Crippen LogP contribution in [0.1, 0.15) is 25.3 Å². The minimum Gasteiger partial charge on any atom is -0.494 e. The smallest absolute Gasteiger partial charge is 0.283 e. The first kappa shape index (κ1) is 19.1. The Morgan fingerprint density at radius 2 is 1.93 bits per heavy atom. The van der Waals surface area contributed by atoms with Crippen LogP contribution < -0.4 is 10.3 Å². The number of benzene rings is 2. The van der Waals surface area contributed by atoms with Crippen LogP contribution >= 0.6 is 11.3 Å². The topological polar surface area (TPSA) is 56.5 Å². The number of hydrogen-bond acceptors (Lipinski definition) is 5. The van der Waals surface area contributed by atoms with E-state index in [0.717, 1.165) is 41.9 Å². The summed E-state index contributed by atoms with van der Waals surface area (Å²) in [7, 11) is 0. The van der Waals surface area contributed by atoms with Gasteiger partial charge in [-0.15, -0.1) is 11.3 Å². The lowest BCUT2D eigenvalue weighted by molar-refractivity contribution is 0.309. The molecule has 6 heteroatoms. The van der Waals surface area contributed by atoms with Gasteiger partial charge in [-0.3, -0.25) is 4.79 Å². The Bertz CT molecular complexity index is 1180. The number of aromatic nitrogens is 2. The molecule has 0 fully saturated rings. The molecule has 0 N–H and O–H groups in total. The minimum absolute atomic E-state index is 0.175. The number of nitrogens with zero attached hydrogens (tertiary/aromatic N) is 3. The second-order valence-corrected chi connectivity index (χ2v) is 7.46. The number of unbranched alkanes of at least 4 members (excludes halogenated alkanes) is 1. The molecule has 0 radical (unpaired) electrons. The van der Waals surface area contributed by atoms with Gasteiger partial charge in [0.1, 0.15) is 16.9 Å². The zero-order valence-electron chi connectivity index (χ0n) is 16.1. The molecule has 29 heavy (non-hydrogen) atoms. The van der Waals surface area contributed by atoms with Crippen LogP contribution in [0.5, 0.6) is 5.75 Å². The normalized spacial score (nSPS) is 11.3. The lowest BCUT2D eigenvalue weighted by atomic mass is 10.1.